The number of aromatic hydroxyl groups is 6. The van der Waals surface area contributed by atoms with Crippen molar-refractivity contribution >= 4 is 35.6 Å². The number of para-hydroxylation sites is 1. The van der Waals surface area contributed by atoms with Crippen LogP contribution in [0.5, 0.6) is 34.5 Å². The fourth-order valence-electron chi connectivity index (χ4n) is 7.44. The zero-order chi connectivity index (χ0) is 51.5. The lowest BCUT2D eigenvalue weighted by molar-refractivity contribution is -0.231. The molecule has 3 saturated heterocycles. The summed E-state index contributed by atoms with van der Waals surface area (Å²) in [7, 11) is 0. The first-order valence-corrected chi connectivity index (χ1v) is 20.7. The lowest BCUT2D eigenvalue weighted by Gasteiger charge is -2.40. The summed E-state index contributed by atoms with van der Waals surface area (Å²) in [6.45, 7) is -5.27. The third-order valence-corrected chi connectivity index (χ3v) is 11.4. The molecular weight excluding hydrogens is 946 g/mol. The lowest BCUT2D eigenvalue weighted by Crippen LogP contribution is -2.55. The van der Waals surface area contributed by atoms with Gasteiger partial charge in [0.05, 0.1) is 29.9 Å². The molecule has 3 heterocycles. The van der Waals surface area contributed by atoms with Gasteiger partial charge in [0.2, 0.25) is 0 Å². The largest absolute Gasteiger partial charge is 0.504 e. The monoisotopic (exact) mass is 993 g/mol. The van der Waals surface area contributed by atoms with E-state index in [-0.39, 0.29) is 11.1 Å². The molecule has 28 heteroatoms. The van der Waals surface area contributed by atoms with Gasteiger partial charge in [0.25, 0.3) is 17.7 Å². The summed E-state index contributed by atoms with van der Waals surface area (Å²) in [4.78, 5) is 81.6. The first-order valence-electron chi connectivity index (χ1n) is 20.7. The molecule has 380 valence electrons. The second-order valence-corrected chi connectivity index (χ2v) is 16.0. The van der Waals surface area contributed by atoms with Crippen LogP contribution in [0.2, 0.25) is 0 Å². The highest BCUT2D eigenvalue weighted by Crippen LogP contribution is 2.40. The molecule has 0 spiro atoms. The number of esters is 3. The Labute approximate surface area is 392 Å². The molecule has 6 rings (SSSR count). The van der Waals surface area contributed by atoms with Gasteiger partial charge >= 0.3 is 17.9 Å². The van der Waals surface area contributed by atoms with Gasteiger partial charge in [-0.1, -0.05) is 6.07 Å². The first-order chi connectivity index (χ1) is 33.1. The standard InChI is InChI=1S/C42H47N3O25/c46-8-24-29(54)31(56)33(58)35(69-24)13-4-16(27(52)22(49)6-13)38(61)44-19-11-67-40(63)18(43-37(60)15-2-1-3-21(48)26(15)51)10-66-41(64)20(12-68-42(19)65)45-39(62)17-5-14(7-23(50)28(17)53)36-34(59)32(57)30(55)25(9-47)70-36/h1-7,18-20,24-25,29-36,46-59H,8-12H2,(H,43,60)(H,44,61)(H,45,62)/t18-,19-,20-,24+,25?,29+,30+,31?,32?,33?,34?,35-,36-/m0/s1. The summed E-state index contributed by atoms with van der Waals surface area (Å²) in [6.07, 6.45) is -17.6. The summed E-state index contributed by atoms with van der Waals surface area (Å²) in [5.74, 6) is -14.8. The molecule has 0 aromatic heterocycles. The summed E-state index contributed by atoms with van der Waals surface area (Å²) < 4.78 is 26.5. The van der Waals surface area contributed by atoms with E-state index in [0.717, 1.165) is 42.5 Å². The van der Waals surface area contributed by atoms with Crippen molar-refractivity contribution in [2.45, 2.75) is 79.2 Å². The van der Waals surface area contributed by atoms with E-state index in [2.05, 4.69) is 16.0 Å². The smallest absolute Gasteiger partial charge is 0.332 e. The quantitative estimate of drug-likeness (QED) is 0.0511. The topological polar surface area (TPSA) is 468 Å². The molecule has 3 aromatic carbocycles. The molecule has 17 N–H and O–H groups in total. The van der Waals surface area contributed by atoms with Crippen LogP contribution in [0.15, 0.2) is 42.5 Å². The molecule has 3 aromatic rings. The Bertz CT molecular complexity index is 2380. The molecule has 0 aliphatic carbocycles. The van der Waals surface area contributed by atoms with E-state index in [1.807, 2.05) is 0 Å². The number of hydrogen-bond acceptors (Lipinski definition) is 25. The Kier molecular flexibility index (Phi) is 16.2. The number of hydrogen-bond donors (Lipinski definition) is 17. The fourth-order valence-corrected chi connectivity index (χ4v) is 7.44. The maximum absolute atomic E-state index is 13.8. The normalized spacial score (nSPS) is 29.8. The molecule has 3 amide bonds. The van der Waals surface area contributed by atoms with Gasteiger partial charge in [-0.25, -0.2) is 14.4 Å². The van der Waals surface area contributed by atoms with Crippen LogP contribution in [-0.2, 0) is 38.1 Å². The highest BCUT2D eigenvalue weighted by atomic mass is 16.6. The van der Waals surface area contributed by atoms with Crippen LogP contribution >= 0.6 is 0 Å². The number of carbonyl (C=O) groups is 6. The number of rotatable bonds is 10. The number of nitrogens with one attached hydrogen (secondary N) is 3. The van der Waals surface area contributed by atoms with Crippen LogP contribution in [0, 0.1) is 0 Å². The van der Waals surface area contributed by atoms with Gasteiger partial charge in [-0.05, 0) is 47.5 Å². The Morgan fingerprint density at radius 3 is 1.17 bits per heavy atom. The zero-order valence-corrected chi connectivity index (χ0v) is 35.8. The van der Waals surface area contributed by atoms with E-state index < -0.39 is 199 Å². The summed E-state index contributed by atoms with van der Waals surface area (Å²) in [5, 5.41) is 151. The first kappa shape index (κ1) is 52.3. The van der Waals surface area contributed by atoms with E-state index >= 15 is 0 Å². The molecule has 0 radical (unpaired) electrons. The highest BCUT2D eigenvalue weighted by Gasteiger charge is 2.46. The van der Waals surface area contributed by atoms with Crippen LogP contribution < -0.4 is 16.0 Å². The lowest BCUT2D eigenvalue weighted by atomic mass is 9.90. The Balaban J connectivity index is 1.30. The van der Waals surface area contributed by atoms with Crippen molar-refractivity contribution in [2.75, 3.05) is 33.0 Å². The van der Waals surface area contributed by atoms with Crippen LogP contribution in [0.25, 0.3) is 0 Å². The van der Waals surface area contributed by atoms with Gasteiger partial charge in [-0.3, -0.25) is 14.4 Å². The van der Waals surface area contributed by atoms with Crippen LogP contribution in [0.1, 0.15) is 54.4 Å². The van der Waals surface area contributed by atoms with Crippen molar-refractivity contribution in [1.29, 1.82) is 0 Å². The predicted molar refractivity (Wildman–Crippen MR) is 221 cm³/mol. The van der Waals surface area contributed by atoms with Gasteiger partial charge in [0, 0.05) is 0 Å². The van der Waals surface area contributed by atoms with Crippen LogP contribution in [0.3, 0.4) is 0 Å². The molecule has 3 aliphatic rings. The highest BCUT2D eigenvalue weighted by molar-refractivity contribution is 6.02. The molecule has 0 bridgehead atoms. The molecule has 70 heavy (non-hydrogen) atoms. The minimum atomic E-state index is -2.15. The van der Waals surface area contributed by atoms with E-state index in [9.17, 15) is 100 Å². The fraction of sp³-hybridized carbons (Fsp3) is 0.429. The number of cyclic esters (lactones) is 3. The third kappa shape index (κ3) is 10.8. The van der Waals surface area contributed by atoms with Gasteiger partial charge in [0.15, 0.2) is 52.6 Å². The Morgan fingerprint density at radius 2 is 0.814 bits per heavy atom. The summed E-state index contributed by atoms with van der Waals surface area (Å²) in [6, 6.07) is 0.0563. The number of ether oxygens (including phenoxy) is 5. The maximum Gasteiger partial charge on any atom is 0.332 e. The Hall–Kier alpha value is -7.12. The number of phenolic OH excluding ortho intramolecular Hbond substituents is 6. The zero-order valence-electron chi connectivity index (χ0n) is 35.8. The number of aliphatic hydroxyl groups is 8. The number of phenols is 6. The minimum Gasteiger partial charge on any atom is -0.504 e. The van der Waals surface area contributed by atoms with Gasteiger partial charge in [-0.15, -0.1) is 0 Å². The molecule has 3 fully saturated rings. The van der Waals surface area contributed by atoms with Gasteiger partial charge in [-0.2, -0.15) is 0 Å². The second-order valence-electron chi connectivity index (χ2n) is 16.0. The maximum atomic E-state index is 13.8. The van der Waals surface area contributed by atoms with Crippen molar-refractivity contribution in [3.8, 4) is 34.5 Å². The summed E-state index contributed by atoms with van der Waals surface area (Å²) in [5.41, 5.74) is -2.98. The number of carbonyl (C=O) groups excluding carboxylic acids is 6. The number of aliphatic hydroxyl groups excluding tert-OH is 8. The van der Waals surface area contributed by atoms with E-state index in [1.165, 1.54) is 0 Å². The molecule has 3 aliphatic heterocycles. The van der Waals surface area contributed by atoms with Crippen molar-refractivity contribution in [1.82, 2.24) is 16.0 Å². The van der Waals surface area contributed by atoms with Gasteiger partial charge < -0.3 is 111 Å². The molecule has 0 saturated carbocycles. The van der Waals surface area contributed by atoms with E-state index in [1.54, 1.807) is 0 Å². The molecule has 5 unspecified atom stereocenters. The average Bonchev–Trinajstić information content (AvgIpc) is 3.33. The van der Waals surface area contributed by atoms with Crippen LogP contribution in [0.4, 0.5) is 0 Å². The van der Waals surface area contributed by atoms with E-state index in [4.69, 9.17) is 23.7 Å². The minimum absolute atomic E-state index is 0.323. The van der Waals surface area contributed by atoms with E-state index in [0.29, 0.717) is 0 Å². The van der Waals surface area contributed by atoms with Gasteiger partial charge in [0.1, 0.15) is 80.9 Å². The van der Waals surface area contributed by atoms with Crippen molar-refractivity contribution in [2.24, 2.45) is 0 Å². The van der Waals surface area contributed by atoms with Crippen molar-refractivity contribution in [3.63, 3.8) is 0 Å². The van der Waals surface area contributed by atoms with Crippen LogP contribution in [-0.4, -0.2) is 207 Å². The SMILES string of the molecule is O=C(N[C@H]1COC(=O)[C@@H](NC(=O)c2cc([C@@H]3OC(CO)[C@@H](O)C(O)C3O)cc(O)c2O)COC(=O)[C@@H](NC(=O)c2cc([C@@H]3O[C@H](CO)[C@@H](O)C(O)C3O)cc(O)c2O)COC1=O)c1cccc(O)c1O. The molecular formula is C42H47N3O25. The predicted octanol–water partition coefficient (Wildman–Crippen LogP) is -5.71. The van der Waals surface area contributed by atoms with Crippen molar-refractivity contribution < 1.29 is 124 Å². The number of benzene rings is 3. The third-order valence-electron chi connectivity index (χ3n) is 11.4. The Morgan fingerprint density at radius 1 is 0.471 bits per heavy atom. The number of amides is 3. The van der Waals surface area contributed by atoms with Crippen molar-refractivity contribution in [3.05, 3.63) is 70.3 Å². The second kappa shape index (κ2) is 21.7. The summed E-state index contributed by atoms with van der Waals surface area (Å²) >= 11 is 0. The average molecular weight is 994 g/mol. The molecule has 13 atom stereocenters. The molecule has 28 nitrogen and oxygen atoms in total.